The van der Waals surface area contributed by atoms with Crippen molar-refractivity contribution in [1.82, 2.24) is 14.8 Å². The molecule has 0 fully saturated rings. The van der Waals surface area contributed by atoms with Gasteiger partial charge in [-0.1, -0.05) is 19.4 Å². The molecule has 0 N–H and O–H groups in total. The number of aryl methyl sites for hydroxylation is 2. The van der Waals surface area contributed by atoms with Crippen LogP contribution in [0, 0.1) is 24.0 Å². The summed E-state index contributed by atoms with van der Waals surface area (Å²) in [4.78, 5) is 27.3. The van der Waals surface area contributed by atoms with Crippen molar-refractivity contribution in [2.45, 2.75) is 65.3 Å². The summed E-state index contributed by atoms with van der Waals surface area (Å²) in [6, 6.07) is 3.08. The number of ketones is 1. The zero-order valence-electron chi connectivity index (χ0n) is 16.8. The van der Waals surface area contributed by atoms with E-state index in [4.69, 9.17) is 4.74 Å². The van der Waals surface area contributed by atoms with Gasteiger partial charge in [-0.15, -0.1) is 0 Å². The van der Waals surface area contributed by atoms with Gasteiger partial charge in [-0.05, 0) is 50.7 Å². The molecule has 1 unspecified atom stereocenters. The van der Waals surface area contributed by atoms with Crippen molar-refractivity contribution in [1.29, 1.82) is 0 Å². The molecule has 0 amide bonds. The Morgan fingerprint density at radius 3 is 2.71 bits per heavy atom. The van der Waals surface area contributed by atoms with Crippen LogP contribution in [0.15, 0.2) is 24.8 Å². The number of carbonyl (C=O) groups excluding carboxylic acids is 1. The highest BCUT2D eigenvalue weighted by Gasteiger charge is 2.21. The summed E-state index contributed by atoms with van der Waals surface area (Å²) >= 11 is 0. The fourth-order valence-corrected chi connectivity index (χ4v) is 3.21. The van der Waals surface area contributed by atoms with E-state index in [-0.39, 0.29) is 17.5 Å². The van der Waals surface area contributed by atoms with E-state index in [0.29, 0.717) is 31.6 Å². The van der Waals surface area contributed by atoms with E-state index in [1.54, 1.807) is 11.0 Å². The van der Waals surface area contributed by atoms with E-state index >= 15 is 0 Å². The second-order valence-electron chi connectivity index (χ2n) is 6.99. The van der Waals surface area contributed by atoms with Crippen LogP contribution in [0.1, 0.15) is 62.6 Å². The number of aromatic nitrogens is 3. The second-order valence-corrected chi connectivity index (χ2v) is 6.99. The third kappa shape index (κ3) is 5.87. The van der Waals surface area contributed by atoms with E-state index in [1.165, 1.54) is 12.4 Å². The lowest BCUT2D eigenvalue weighted by Crippen LogP contribution is -2.20. The molecule has 28 heavy (non-hydrogen) atoms. The standard InChI is InChI=1S/C20H28N4O4/c1-4-5-9-19(25)17(23-14-21-13-22-23)8-6-7-10-28-20-16(3)11-15(2)12-18(20)24(26)27/h11-14,17H,4-10H2,1-3H3. The van der Waals surface area contributed by atoms with Crippen LogP contribution in [0.5, 0.6) is 5.75 Å². The molecule has 8 nitrogen and oxygen atoms in total. The SMILES string of the molecule is CCCCC(=O)C(CCCCOc1c(C)cc(C)cc1[N+](=O)[O-])n1cncn1. The molecule has 1 aromatic carbocycles. The molecule has 2 rings (SSSR count). The highest BCUT2D eigenvalue weighted by molar-refractivity contribution is 5.82. The minimum Gasteiger partial charge on any atom is -0.487 e. The van der Waals surface area contributed by atoms with E-state index in [0.717, 1.165) is 30.4 Å². The maximum Gasteiger partial charge on any atom is 0.311 e. The average molecular weight is 388 g/mol. The number of nitro benzene ring substituents is 1. The number of Topliss-reactive ketones (excluding diaryl/α,β-unsaturated/α-hetero) is 1. The Hall–Kier alpha value is -2.77. The molecule has 1 heterocycles. The predicted octanol–water partition coefficient (Wildman–Crippen LogP) is 4.35. The molecule has 8 heteroatoms. The minimum atomic E-state index is -0.414. The molecule has 0 aliphatic rings. The molecule has 1 aromatic heterocycles. The smallest absolute Gasteiger partial charge is 0.311 e. The molecular formula is C20H28N4O4. The normalized spacial score (nSPS) is 12.0. The number of benzene rings is 1. The molecule has 0 saturated carbocycles. The summed E-state index contributed by atoms with van der Waals surface area (Å²) in [7, 11) is 0. The van der Waals surface area contributed by atoms with Gasteiger partial charge in [-0.2, -0.15) is 5.10 Å². The van der Waals surface area contributed by atoms with Gasteiger partial charge in [-0.3, -0.25) is 14.9 Å². The lowest BCUT2D eigenvalue weighted by atomic mass is 10.0. The second kappa shape index (κ2) is 10.5. The van der Waals surface area contributed by atoms with Gasteiger partial charge < -0.3 is 4.74 Å². The molecule has 0 spiro atoms. The van der Waals surface area contributed by atoms with Crippen LogP contribution in [0.3, 0.4) is 0 Å². The van der Waals surface area contributed by atoms with E-state index in [2.05, 4.69) is 17.0 Å². The highest BCUT2D eigenvalue weighted by atomic mass is 16.6. The van der Waals surface area contributed by atoms with Gasteiger partial charge >= 0.3 is 5.69 Å². The molecule has 0 aliphatic carbocycles. The predicted molar refractivity (Wildman–Crippen MR) is 106 cm³/mol. The van der Waals surface area contributed by atoms with E-state index in [1.807, 2.05) is 19.9 Å². The first-order chi connectivity index (χ1) is 13.4. The number of nitro groups is 1. The van der Waals surface area contributed by atoms with Gasteiger partial charge in [-0.25, -0.2) is 9.67 Å². The minimum absolute atomic E-state index is 0.00673. The maximum absolute atomic E-state index is 12.5. The molecule has 1 atom stereocenters. The third-order valence-electron chi connectivity index (χ3n) is 4.62. The fourth-order valence-electron chi connectivity index (χ4n) is 3.21. The first kappa shape index (κ1) is 21.5. The van der Waals surface area contributed by atoms with Crippen molar-refractivity contribution in [3.8, 4) is 5.75 Å². The van der Waals surface area contributed by atoms with Crippen LogP contribution in [0.4, 0.5) is 5.69 Å². The van der Waals surface area contributed by atoms with Gasteiger partial charge in [0.25, 0.3) is 0 Å². The average Bonchev–Trinajstić information content (AvgIpc) is 3.17. The first-order valence-electron chi connectivity index (χ1n) is 9.69. The Morgan fingerprint density at radius 2 is 2.07 bits per heavy atom. The number of nitrogens with zero attached hydrogens (tertiary/aromatic N) is 4. The lowest BCUT2D eigenvalue weighted by Gasteiger charge is -2.16. The largest absolute Gasteiger partial charge is 0.487 e. The Morgan fingerprint density at radius 1 is 1.29 bits per heavy atom. The van der Waals surface area contributed by atoms with Gasteiger partial charge in [0.2, 0.25) is 0 Å². The van der Waals surface area contributed by atoms with E-state index < -0.39 is 4.92 Å². The van der Waals surface area contributed by atoms with Crippen LogP contribution in [-0.2, 0) is 4.79 Å². The van der Waals surface area contributed by atoms with Gasteiger partial charge in [0.15, 0.2) is 11.5 Å². The number of ether oxygens (including phenoxy) is 1. The Balaban J connectivity index is 1.90. The summed E-state index contributed by atoms with van der Waals surface area (Å²) in [5, 5.41) is 15.4. The number of carbonyl (C=O) groups is 1. The molecular weight excluding hydrogens is 360 g/mol. The molecule has 0 bridgehead atoms. The molecule has 2 aromatic rings. The van der Waals surface area contributed by atoms with Crippen molar-refractivity contribution in [3.05, 3.63) is 46.0 Å². The van der Waals surface area contributed by atoms with Crippen LogP contribution in [-0.4, -0.2) is 32.1 Å². The van der Waals surface area contributed by atoms with Crippen LogP contribution in [0.25, 0.3) is 0 Å². The van der Waals surface area contributed by atoms with E-state index in [9.17, 15) is 14.9 Å². The summed E-state index contributed by atoms with van der Waals surface area (Å²) in [5.74, 6) is 0.487. The zero-order chi connectivity index (χ0) is 20.5. The Kier molecular flexibility index (Phi) is 8.10. The number of rotatable bonds is 12. The van der Waals surface area contributed by atoms with Gasteiger partial charge in [0, 0.05) is 12.5 Å². The van der Waals surface area contributed by atoms with Crippen LogP contribution >= 0.6 is 0 Å². The molecule has 152 valence electrons. The molecule has 0 radical (unpaired) electrons. The van der Waals surface area contributed by atoms with Crippen molar-refractivity contribution < 1.29 is 14.5 Å². The van der Waals surface area contributed by atoms with Crippen molar-refractivity contribution in [3.63, 3.8) is 0 Å². The summed E-state index contributed by atoms with van der Waals surface area (Å²) in [5.41, 5.74) is 1.58. The molecule has 0 aliphatic heterocycles. The zero-order valence-corrected chi connectivity index (χ0v) is 16.8. The quantitative estimate of drug-likeness (QED) is 0.304. The summed E-state index contributed by atoms with van der Waals surface area (Å²) in [6.07, 6.45) is 7.46. The number of hydrogen-bond acceptors (Lipinski definition) is 6. The van der Waals surface area contributed by atoms with Crippen LogP contribution in [0.2, 0.25) is 0 Å². The topological polar surface area (TPSA) is 100 Å². The van der Waals surface area contributed by atoms with Gasteiger partial charge in [0.05, 0.1) is 11.5 Å². The maximum atomic E-state index is 12.5. The Labute approximate surface area is 165 Å². The Bertz CT molecular complexity index is 790. The lowest BCUT2D eigenvalue weighted by molar-refractivity contribution is -0.386. The summed E-state index contributed by atoms with van der Waals surface area (Å²) in [6.45, 7) is 6.05. The third-order valence-corrected chi connectivity index (χ3v) is 4.62. The number of hydrogen-bond donors (Lipinski definition) is 0. The molecule has 0 saturated heterocycles. The van der Waals surface area contributed by atoms with Gasteiger partial charge in [0.1, 0.15) is 18.7 Å². The monoisotopic (exact) mass is 388 g/mol. The van der Waals surface area contributed by atoms with Crippen LogP contribution < -0.4 is 4.74 Å². The summed E-state index contributed by atoms with van der Waals surface area (Å²) < 4.78 is 7.34. The van der Waals surface area contributed by atoms with Crippen molar-refractivity contribution in [2.24, 2.45) is 0 Å². The fraction of sp³-hybridized carbons (Fsp3) is 0.550. The van der Waals surface area contributed by atoms with Crippen molar-refractivity contribution in [2.75, 3.05) is 6.61 Å². The first-order valence-corrected chi connectivity index (χ1v) is 9.69. The van der Waals surface area contributed by atoms with Crippen molar-refractivity contribution >= 4 is 11.5 Å². The number of unbranched alkanes of at least 4 members (excludes halogenated alkanes) is 2. The highest BCUT2D eigenvalue weighted by Crippen LogP contribution is 2.32.